The Balaban J connectivity index is 2.21. The highest BCUT2D eigenvalue weighted by molar-refractivity contribution is 6.74. The molecule has 1 aromatic rings. The minimum absolute atomic E-state index is 0.0687. The topological polar surface area (TPSA) is 35.2 Å². The van der Waals surface area contributed by atoms with Crippen LogP contribution in [0.1, 0.15) is 32.8 Å². The van der Waals surface area contributed by atoms with Gasteiger partial charge in [-0.2, -0.15) is 13.2 Å². The van der Waals surface area contributed by atoms with Crippen molar-refractivity contribution in [3.8, 4) is 5.75 Å². The first-order valence-corrected chi connectivity index (χ1v) is 11.2. The van der Waals surface area contributed by atoms with Gasteiger partial charge in [-0.15, -0.1) is 0 Å². The number of halogens is 3. The predicted molar refractivity (Wildman–Crippen MR) is 98.0 cm³/mol. The molecule has 0 heterocycles. The molecule has 1 aromatic carbocycles. The van der Waals surface area contributed by atoms with Crippen molar-refractivity contribution in [2.75, 3.05) is 0 Å². The maximum Gasteiger partial charge on any atom is 0.412 e. The van der Waals surface area contributed by atoms with E-state index in [1.807, 2.05) is 0 Å². The molecule has 0 bridgehead atoms. The van der Waals surface area contributed by atoms with E-state index in [-0.39, 0.29) is 11.5 Å². The van der Waals surface area contributed by atoms with E-state index in [0.29, 0.717) is 5.56 Å². The fraction of sp³-hybridized carbons (Fsp3) is 0.474. The lowest BCUT2D eigenvalue weighted by Crippen LogP contribution is -2.43. The Morgan fingerprint density at radius 1 is 1.08 bits per heavy atom. The SMILES string of the molecule is CC(C)(C)[Si](C)(C)Oc1ccc(C2(N)C=CC=C(C(F)(F)F)C2)cc1. The summed E-state index contributed by atoms with van der Waals surface area (Å²) in [6.45, 7) is 10.8. The molecule has 2 nitrogen and oxygen atoms in total. The Hall–Kier alpha value is -1.53. The number of alkyl halides is 3. The van der Waals surface area contributed by atoms with Crippen molar-refractivity contribution in [2.24, 2.45) is 5.73 Å². The number of nitrogens with two attached hydrogens (primary N) is 1. The molecule has 0 saturated heterocycles. The lowest BCUT2D eigenvalue weighted by atomic mass is 9.81. The number of hydrogen-bond acceptors (Lipinski definition) is 2. The van der Waals surface area contributed by atoms with Gasteiger partial charge in [-0.05, 0) is 35.8 Å². The predicted octanol–water partition coefficient (Wildman–Crippen LogP) is 5.67. The van der Waals surface area contributed by atoms with Gasteiger partial charge in [0.1, 0.15) is 5.75 Å². The average Bonchev–Trinajstić information content (AvgIpc) is 2.45. The van der Waals surface area contributed by atoms with E-state index in [9.17, 15) is 13.2 Å². The number of benzene rings is 1. The lowest BCUT2D eigenvalue weighted by Gasteiger charge is -2.36. The summed E-state index contributed by atoms with van der Waals surface area (Å²) in [5, 5.41) is 0.0687. The largest absolute Gasteiger partial charge is 0.544 e. The highest BCUT2D eigenvalue weighted by Crippen LogP contribution is 2.40. The minimum Gasteiger partial charge on any atom is -0.544 e. The lowest BCUT2D eigenvalue weighted by molar-refractivity contribution is -0.0956. The maximum atomic E-state index is 13.0. The van der Waals surface area contributed by atoms with Gasteiger partial charge in [0.2, 0.25) is 8.32 Å². The normalized spacial score (nSPS) is 21.9. The number of hydrogen-bond donors (Lipinski definition) is 1. The molecule has 1 aliphatic carbocycles. The molecule has 2 rings (SSSR count). The fourth-order valence-corrected chi connectivity index (χ4v) is 3.47. The number of rotatable bonds is 3. The molecule has 0 saturated carbocycles. The smallest absolute Gasteiger partial charge is 0.412 e. The molecule has 1 aliphatic rings. The van der Waals surface area contributed by atoms with Gasteiger partial charge in [0.15, 0.2) is 0 Å². The van der Waals surface area contributed by atoms with Crippen molar-refractivity contribution < 1.29 is 17.6 Å². The molecule has 1 unspecified atom stereocenters. The summed E-state index contributed by atoms with van der Waals surface area (Å²) in [5.74, 6) is 0.727. The van der Waals surface area contributed by atoms with Crippen molar-refractivity contribution in [1.29, 1.82) is 0 Å². The van der Waals surface area contributed by atoms with Crippen LogP contribution in [-0.4, -0.2) is 14.5 Å². The van der Waals surface area contributed by atoms with Gasteiger partial charge in [-0.1, -0.05) is 51.1 Å². The average molecular weight is 370 g/mol. The van der Waals surface area contributed by atoms with E-state index in [0.717, 1.165) is 11.8 Å². The summed E-state index contributed by atoms with van der Waals surface area (Å²) < 4.78 is 45.2. The van der Waals surface area contributed by atoms with Crippen LogP contribution in [0, 0.1) is 0 Å². The highest BCUT2D eigenvalue weighted by Gasteiger charge is 2.41. The first kappa shape index (κ1) is 19.8. The van der Waals surface area contributed by atoms with E-state index in [4.69, 9.17) is 10.2 Å². The zero-order valence-corrected chi connectivity index (χ0v) is 16.4. The Bertz CT molecular complexity index is 684. The van der Waals surface area contributed by atoms with Crippen molar-refractivity contribution >= 4 is 8.32 Å². The van der Waals surface area contributed by atoms with Gasteiger partial charge in [0.25, 0.3) is 0 Å². The summed E-state index contributed by atoms with van der Waals surface area (Å²) in [4.78, 5) is 0. The molecule has 0 spiro atoms. The second kappa shape index (κ2) is 6.32. The van der Waals surface area contributed by atoms with Gasteiger partial charge in [0, 0.05) is 12.0 Å². The molecule has 2 N–H and O–H groups in total. The van der Waals surface area contributed by atoms with Crippen LogP contribution in [0.25, 0.3) is 0 Å². The Kier molecular flexibility index (Phi) is 5.00. The maximum absolute atomic E-state index is 13.0. The molecule has 1 atom stereocenters. The third-order valence-corrected chi connectivity index (χ3v) is 9.47. The van der Waals surface area contributed by atoms with Crippen LogP contribution in [0.2, 0.25) is 18.1 Å². The van der Waals surface area contributed by atoms with Crippen LogP contribution >= 0.6 is 0 Å². The van der Waals surface area contributed by atoms with Gasteiger partial charge < -0.3 is 10.2 Å². The van der Waals surface area contributed by atoms with Crippen LogP contribution in [-0.2, 0) is 5.54 Å². The minimum atomic E-state index is -4.36. The van der Waals surface area contributed by atoms with Crippen LogP contribution in [0.15, 0.2) is 48.1 Å². The van der Waals surface area contributed by atoms with Gasteiger partial charge in [-0.25, -0.2) is 0 Å². The van der Waals surface area contributed by atoms with E-state index >= 15 is 0 Å². The van der Waals surface area contributed by atoms with Crippen molar-refractivity contribution in [2.45, 2.75) is 57.0 Å². The molecule has 0 radical (unpaired) electrons. The summed E-state index contributed by atoms with van der Waals surface area (Å²) in [6, 6.07) is 7.10. The molecule has 0 aromatic heterocycles. The van der Waals surface area contributed by atoms with Gasteiger partial charge in [0.05, 0.1) is 5.54 Å². The second-order valence-corrected chi connectivity index (χ2v) is 12.9. The van der Waals surface area contributed by atoms with Crippen molar-refractivity contribution in [3.63, 3.8) is 0 Å². The first-order chi connectivity index (χ1) is 11.2. The van der Waals surface area contributed by atoms with Crippen molar-refractivity contribution in [1.82, 2.24) is 0 Å². The molecule has 0 amide bonds. The quantitative estimate of drug-likeness (QED) is 0.696. The zero-order valence-electron chi connectivity index (χ0n) is 15.4. The van der Waals surface area contributed by atoms with Crippen LogP contribution in [0.3, 0.4) is 0 Å². The van der Waals surface area contributed by atoms with Crippen molar-refractivity contribution in [3.05, 3.63) is 53.6 Å². The van der Waals surface area contributed by atoms with Crippen LogP contribution in [0.5, 0.6) is 5.75 Å². The van der Waals surface area contributed by atoms with Gasteiger partial charge >= 0.3 is 6.18 Å². The Morgan fingerprint density at radius 2 is 1.64 bits per heavy atom. The third-order valence-electron chi connectivity index (χ3n) is 5.11. The fourth-order valence-electron chi connectivity index (χ4n) is 2.44. The summed E-state index contributed by atoms with van der Waals surface area (Å²) in [6.07, 6.45) is -0.547. The molecule has 0 aliphatic heterocycles. The molecular weight excluding hydrogens is 343 g/mol. The molecule has 138 valence electrons. The second-order valence-electron chi connectivity index (χ2n) is 8.15. The van der Waals surface area contributed by atoms with Crippen LogP contribution in [0.4, 0.5) is 13.2 Å². The highest BCUT2D eigenvalue weighted by atomic mass is 28.4. The van der Waals surface area contributed by atoms with E-state index in [2.05, 4.69) is 33.9 Å². The van der Waals surface area contributed by atoms with Gasteiger partial charge in [-0.3, -0.25) is 0 Å². The van der Waals surface area contributed by atoms with E-state index < -0.39 is 25.6 Å². The third kappa shape index (κ3) is 4.36. The van der Waals surface area contributed by atoms with E-state index in [1.54, 1.807) is 30.3 Å². The first-order valence-electron chi connectivity index (χ1n) is 8.29. The summed E-state index contributed by atoms with van der Waals surface area (Å²) in [5.41, 5.74) is 5.12. The summed E-state index contributed by atoms with van der Waals surface area (Å²) in [7, 11) is -1.96. The summed E-state index contributed by atoms with van der Waals surface area (Å²) >= 11 is 0. The zero-order chi connectivity index (χ0) is 19.1. The monoisotopic (exact) mass is 369 g/mol. The standard InChI is InChI=1S/C19H26F3NOSi/c1-17(2,3)25(4,5)24-16-10-8-14(9-11-16)18(23)12-6-7-15(13-18)19(20,21)22/h6-12H,13,23H2,1-5H3. The Morgan fingerprint density at radius 3 is 2.12 bits per heavy atom. The number of allylic oxidation sites excluding steroid dienone is 2. The van der Waals surface area contributed by atoms with E-state index in [1.165, 1.54) is 6.08 Å². The Labute approximate surface area is 148 Å². The molecular formula is C19H26F3NOSi. The molecule has 6 heteroatoms. The molecule has 0 fully saturated rings. The van der Waals surface area contributed by atoms with Crippen LogP contribution < -0.4 is 10.2 Å². The molecule has 25 heavy (non-hydrogen) atoms.